The van der Waals surface area contributed by atoms with E-state index in [4.69, 9.17) is 0 Å². The first kappa shape index (κ1) is 13.5. The smallest absolute Gasteiger partial charge is 0.254 e. The van der Waals surface area contributed by atoms with Crippen LogP contribution in [0.4, 0.5) is 0 Å². The van der Waals surface area contributed by atoms with Gasteiger partial charge in [-0.15, -0.1) is 0 Å². The second-order valence-corrected chi connectivity index (χ2v) is 5.14. The number of hydrogen-bond acceptors (Lipinski definition) is 2. The van der Waals surface area contributed by atoms with Gasteiger partial charge in [-0.2, -0.15) is 0 Å². The monoisotopic (exact) mass is 320 g/mol. The number of pyridine rings is 1. The maximum atomic E-state index is 12.1. The Labute approximate surface area is 119 Å². The van der Waals surface area contributed by atoms with Gasteiger partial charge in [-0.25, -0.2) is 0 Å². The number of hydrogen-bond donors (Lipinski definition) is 1. The summed E-state index contributed by atoms with van der Waals surface area (Å²) in [4.78, 5) is 27.4. The summed E-state index contributed by atoms with van der Waals surface area (Å²) in [6.07, 6.45) is 1.48. The van der Waals surface area contributed by atoms with Gasteiger partial charge in [-0.1, -0.05) is 28.1 Å². The average Bonchev–Trinajstić information content (AvgIpc) is 2.40. The largest absolute Gasteiger partial charge is 0.337 e. The zero-order valence-corrected chi connectivity index (χ0v) is 12.0. The lowest BCUT2D eigenvalue weighted by atomic mass is 10.2. The van der Waals surface area contributed by atoms with E-state index in [9.17, 15) is 9.59 Å². The lowest BCUT2D eigenvalue weighted by Gasteiger charge is -2.17. The third-order valence-electron chi connectivity index (χ3n) is 2.70. The van der Waals surface area contributed by atoms with E-state index in [-0.39, 0.29) is 11.5 Å². The maximum absolute atomic E-state index is 12.1. The molecule has 4 nitrogen and oxygen atoms in total. The Morgan fingerprint density at radius 1 is 1.26 bits per heavy atom. The number of nitrogens with zero attached hydrogens (tertiary/aromatic N) is 1. The van der Waals surface area contributed by atoms with E-state index in [0.717, 1.165) is 10.0 Å². The molecule has 1 N–H and O–H groups in total. The number of rotatable bonds is 3. The van der Waals surface area contributed by atoms with Crippen LogP contribution in [-0.2, 0) is 6.54 Å². The molecule has 1 aromatic carbocycles. The van der Waals surface area contributed by atoms with Gasteiger partial charge in [0.05, 0.1) is 0 Å². The molecular formula is C14H13BrN2O2. The zero-order valence-electron chi connectivity index (χ0n) is 10.4. The molecule has 5 heteroatoms. The van der Waals surface area contributed by atoms with Gasteiger partial charge >= 0.3 is 0 Å². The normalized spacial score (nSPS) is 10.2. The van der Waals surface area contributed by atoms with Crippen LogP contribution in [0.15, 0.2) is 51.9 Å². The van der Waals surface area contributed by atoms with E-state index in [1.165, 1.54) is 12.3 Å². The molecule has 1 amide bonds. The maximum Gasteiger partial charge on any atom is 0.254 e. The number of halogens is 1. The molecule has 98 valence electrons. The van der Waals surface area contributed by atoms with Crippen LogP contribution in [0.3, 0.4) is 0 Å². The van der Waals surface area contributed by atoms with Crippen molar-refractivity contribution in [3.05, 3.63) is 68.5 Å². The van der Waals surface area contributed by atoms with Crippen molar-refractivity contribution in [1.82, 2.24) is 9.88 Å². The van der Waals surface area contributed by atoms with Crippen molar-refractivity contribution < 1.29 is 4.79 Å². The summed E-state index contributed by atoms with van der Waals surface area (Å²) in [6.45, 7) is 0.499. The van der Waals surface area contributed by atoms with E-state index in [2.05, 4.69) is 20.9 Å². The van der Waals surface area contributed by atoms with E-state index in [0.29, 0.717) is 12.1 Å². The number of aromatic nitrogens is 1. The van der Waals surface area contributed by atoms with Gasteiger partial charge < -0.3 is 9.88 Å². The molecule has 1 heterocycles. The van der Waals surface area contributed by atoms with Crippen molar-refractivity contribution in [3.63, 3.8) is 0 Å². The first-order valence-electron chi connectivity index (χ1n) is 5.75. The minimum absolute atomic E-state index is 0.172. The quantitative estimate of drug-likeness (QED) is 0.944. The molecule has 0 aliphatic carbocycles. The van der Waals surface area contributed by atoms with E-state index in [1.54, 1.807) is 18.0 Å². The predicted octanol–water partition coefficient (Wildman–Crippen LogP) is 2.41. The Morgan fingerprint density at radius 2 is 1.95 bits per heavy atom. The van der Waals surface area contributed by atoms with Crippen LogP contribution in [0.1, 0.15) is 15.9 Å². The second kappa shape index (κ2) is 5.84. The first-order chi connectivity index (χ1) is 9.06. The molecule has 19 heavy (non-hydrogen) atoms. The van der Waals surface area contributed by atoms with Crippen LogP contribution >= 0.6 is 15.9 Å². The summed E-state index contributed by atoms with van der Waals surface area (Å²) in [7, 11) is 1.71. The summed E-state index contributed by atoms with van der Waals surface area (Å²) in [5.74, 6) is -0.172. The van der Waals surface area contributed by atoms with E-state index >= 15 is 0 Å². The van der Waals surface area contributed by atoms with Crippen molar-refractivity contribution >= 4 is 21.8 Å². The van der Waals surface area contributed by atoms with Crippen molar-refractivity contribution in [2.75, 3.05) is 7.05 Å². The van der Waals surface area contributed by atoms with Crippen LogP contribution in [0.5, 0.6) is 0 Å². The molecule has 2 aromatic rings. The van der Waals surface area contributed by atoms with Gasteiger partial charge in [0.2, 0.25) is 5.56 Å². The van der Waals surface area contributed by atoms with Crippen molar-refractivity contribution in [1.29, 1.82) is 0 Å². The van der Waals surface area contributed by atoms with Gasteiger partial charge in [-0.3, -0.25) is 9.59 Å². The summed E-state index contributed by atoms with van der Waals surface area (Å²) < 4.78 is 1.000. The first-order valence-corrected chi connectivity index (χ1v) is 6.54. The van der Waals surface area contributed by atoms with Gasteiger partial charge in [0.25, 0.3) is 5.91 Å². The molecule has 0 atom stereocenters. The zero-order chi connectivity index (χ0) is 13.8. The Hall–Kier alpha value is -1.88. The number of carbonyl (C=O) groups is 1. The third-order valence-corrected chi connectivity index (χ3v) is 3.23. The van der Waals surface area contributed by atoms with Crippen LogP contribution in [0.25, 0.3) is 0 Å². The fourth-order valence-electron chi connectivity index (χ4n) is 1.73. The third kappa shape index (κ3) is 3.54. The molecule has 0 saturated carbocycles. The SMILES string of the molecule is CN(Cc1ccc(Br)cc1)C(=O)c1cc[nH]c(=O)c1. The number of nitrogens with one attached hydrogen (secondary N) is 1. The average molecular weight is 321 g/mol. The molecule has 0 aliphatic heterocycles. The Morgan fingerprint density at radius 3 is 2.58 bits per heavy atom. The topological polar surface area (TPSA) is 53.2 Å². The van der Waals surface area contributed by atoms with Crippen LogP contribution in [0.2, 0.25) is 0 Å². The highest BCUT2D eigenvalue weighted by atomic mass is 79.9. The molecule has 0 fully saturated rings. The molecule has 0 aliphatic rings. The van der Waals surface area contributed by atoms with Crippen LogP contribution in [0, 0.1) is 0 Å². The highest BCUT2D eigenvalue weighted by molar-refractivity contribution is 9.10. The number of benzene rings is 1. The minimum Gasteiger partial charge on any atom is -0.337 e. The molecule has 0 unspecified atom stereocenters. The van der Waals surface area contributed by atoms with Gasteiger partial charge in [0, 0.05) is 35.9 Å². The Kier molecular flexibility index (Phi) is 4.16. The second-order valence-electron chi connectivity index (χ2n) is 4.23. The molecule has 0 spiro atoms. The van der Waals surface area contributed by atoms with Gasteiger partial charge in [0.15, 0.2) is 0 Å². The fourth-order valence-corrected chi connectivity index (χ4v) is 2.00. The van der Waals surface area contributed by atoms with Crippen LogP contribution in [-0.4, -0.2) is 22.8 Å². The molecular weight excluding hydrogens is 308 g/mol. The number of H-pyrrole nitrogens is 1. The van der Waals surface area contributed by atoms with E-state index in [1.807, 2.05) is 24.3 Å². The van der Waals surface area contributed by atoms with E-state index < -0.39 is 0 Å². The fraction of sp³-hybridized carbons (Fsp3) is 0.143. The molecule has 0 saturated heterocycles. The predicted molar refractivity (Wildman–Crippen MR) is 77.0 cm³/mol. The molecule has 0 bridgehead atoms. The summed E-state index contributed by atoms with van der Waals surface area (Å²) in [5.41, 5.74) is 1.15. The molecule has 0 radical (unpaired) electrons. The van der Waals surface area contributed by atoms with Gasteiger partial charge in [0.1, 0.15) is 0 Å². The standard InChI is InChI=1S/C14H13BrN2O2/c1-17(9-10-2-4-12(15)5-3-10)14(19)11-6-7-16-13(18)8-11/h2-8H,9H2,1H3,(H,16,18). The summed E-state index contributed by atoms with van der Waals surface area (Å²) >= 11 is 3.37. The lowest BCUT2D eigenvalue weighted by molar-refractivity contribution is 0.0785. The summed E-state index contributed by atoms with van der Waals surface area (Å²) in [5, 5.41) is 0. The molecule has 1 aromatic heterocycles. The number of amides is 1. The number of carbonyl (C=O) groups excluding carboxylic acids is 1. The Balaban J connectivity index is 2.11. The summed E-state index contributed by atoms with van der Waals surface area (Å²) in [6, 6.07) is 10.7. The minimum atomic E-state index is -0.275. The highest BCUT2D eigenvalue weighted by Crippen LogP contribution is 2.12. The van der Waals surface area contributed by atoms with Crippen molar-refractivity contribution in [2.45, 2.75) is 6.54 Å². The van der Waals surface area contributed by atoms with Gasteiger partial charge in [-0.05, 0) is 23.8 Å². The van der Waals surface area contributed by atoms with Crippen molar-refractivity contribution in [3.8, 4) is 0 Å². The van der Waals surface area contributed by atoms with Crippen molar-refractivity contribution in [2.24, 2.45) is 0 Å². The molecule has 2 rings (SSSR count). The highest BCUT2D eigenvalue weighted by Gasteiger charge is 2.12. The lowest BCUT2D eigenvalue weighted by Crippen LogP contribution is -2.27. The number of aromatic amines is 1. The van der Waals surface area contributed by atoms with Crippen LogP contribution < -0.4 is 5.56 Å². The Bertz CT molecular complexity index is 634.